The maximum atomic E-state index is 5.96. The van der Waals surface area contributed by atoms with Gasteiger partial charge in [0.15, 0.2) is 0 Å². The van der Waals surface area contributed by atoms with Crippen LogP contribution in [0.5, 0.6) is 10.9 Å². The highest BCUT2D eigenvalue weighted by atomic mass is 32.1. The Bertz CT molecular complexity index is 874. The summed E-state index contributed by atoms with van der Waals surface area (Å²) in [6.45, 7) is 4.65. The highest BCUT2D eigenvalue weighted by Crippen LogP contribution is 2.31. The number of para-hydroxylation sites is 1. The predicted molar refractivity (Wildman–Crippen MR) is 111 cm³/mol. The summed E-state index contributed by atoms with van der Waals surface area (Å²) in [5.41, 5.74) is 2.35. The third-order valence-electron chi connectivity index (χ3n) is 5.79. The molecule has 2 aromatic carbocycles. The van der Waals surface area contributed by atoms with Crippen molar-refractivity contribution < 1.29 is 4.74 Å². The molecule has 0 unspecified atom stereocenters. The Morgan fingerprint density at radius 2 is 2.00 bits per heavy atom. The monoisotopic (exact) mass is 379 g/mol. The van der Waals surface area contributed by atoms with E-state index in [0.29, 0.717) is 5.19 Å². The molecule has 140 valence electrons. The minimum Gasteiger partial charge on any atom is -0.431 e. The van der Waals surface area contributed by atoms with Crippen LogP contribution in [0.25, 0.3) is 10.2 Å². The summed E-state index contributed by atoms with van der Waals surface area (Å²) in [7, 11) is 0. The normalized spacial score (nSPS) is 23.3. The first-order chi connectivity index (χ1) is 13.3. The topological polar surface area (TPSA) is 37.4 Å². The van der Waals surface area contributed by atoms with E-state index >= 15 is 0 Å². The molecule has 5 rings (SSSR count). The van der Waals surface area contributed by atoms with Crippen LogP contribution < -0.4 is 10.1 Å². The number of aromatic nitrogens is 1. The van der Waals surface area contributed by atoms with E-state index in [0.717, 1.165) is 34.5 Å². The molecule has 0 bridgehead atoms. The average Bonchev–Trinajstić information content (AvgIpc) is 3.12. The van der Waals surface area contributed by atoms with Crippen LogP contribution in [0, 0.1) is 5.92 Å². The largest absolute Gasteiger partial charge is 0.431 e. The maximum Gasteiger partial charge on any atom is 0.279 e. The van der Waals surface area contributed by atoms with Gasteiger partial charge in [-0.1, -0.05) is 35.6 Å². The van der Waals surface area contributed by atoms with Gasteiger partial charge in [-0.05, 0) is 68.1 Å². The highest BCUT2D eigenvalue weighted by molar-refractivity contribution is 7.20. The Kier molecular flexibility index (Phi) is 4.82. The standard InChI is InChI=1S/C22H25N3OS/c1-2-6-21-20(5-1)24-22(27-21)26-18-9-7-16(8-10-18)14-25-13-11-19-17(15-25)4-3-12-23-19/h1-2,5-10,17,19,23H,3-4,11-15H2/t17-,19-/m0/s1. The minimum atomic E-state index is 0.704. The summed E-state index contributed by atoms with van der Waals surface area (Å²) >= 11 is 1.59. The van der Waals surface area contributed by atoms with Crippen molar-refractivity contribution in [1.29, 1.82) is 0 Å². The molecular weight excluding hydrogens is 354 g/mol. The van der Waals surface area contributed by atoms with Gasteiger partial charge in [-0.15, -0.1) is 0 Å². The van der Waals surface area contributed by atoms with Crippen molar-refractivity contribution in [2.24, 2.45) is 5.92 Å². The molecule has 0 saturated carbocycles. The van der Waals surface area contributed by atoms with Crippen LogP contribution in [0.15, 0.2) is 48.5 Å². The van der Waals surface area contributed by atoms with E-state index in [1.807, 2.05) is 18.2 Å². The number of rotatable bonds is 4. The first-order valence-electron chi connectivity index (χ1n) is 9.91. The fraction of sp³-hybridized carbons (Fsp3) is 0.409. The molecule has 3 heterocycles. The Balaban J connectivity index is 1.21. The second-order valence-corrected chi connectivity index (χ2v) is 8.67. The van der Waals surface area contributed by atoms with E-state index in [4.69, 9.17) is 4.74 Å². The molecule has 3 aromatic rings. The summed E-state index contributed by atoms with van der Waals surface area (Å²) in [6.07, 6.45) is 3.99. The molecule has 1 aromatic heterocycles. The Hall–Kier alpha value is -1.95. The first-order valence-corrected chi connectivity index (χ1v) is 10.7. The van der Waals surface area contributed by atoms with Crippen molar-refractivity contribution in [1.82, 2.24) is 15.2 Å². The second-order valence-electron chi connectivity index (χ2n) is 7.68. The first kappa shape index (κ1) is 17.2. The summed E-state index contributed by atoms with van der Waals surface area (Å²) < 4.78 is 7.12. The van der Waals surface area contributed by atoms with Gasteiger partial charge in [0, 0.05) is 19.1 Å². The highest BCUT2D eigenvalue weighted by Gasteiger charge is 2.30. The number of nitrogens with one attached hydrogen (secondary N) is 1. The number of likely N-dealkylation sites (tertiary alicyclic amines) is 1. The minimum absolute atomic E-state index is 0.704. The number of thiazole rings is 1. The molecule has 2 fully saturated rings. The van der Waals surface area contributed by atoms with Gasteiger partial charge in [0.05, 0.1) is 10.2 Å². The van der Waals surface area contributed by atoms with Crippen LogP contribution >= 0.6 is 11.3 Å². The smallest absolute Gasteiger partial charge is 0.279 e. The third-order valence-corrected chi connectivity index (χ3v) is 6.70. The molecular formula is C22H25N3OS. The lowest BCUT2D eigenvalue weighted by molar-refractivity contribution is 0.109. The number of nitrogens with zero attached hydrogens (tertiary/aromatic N) is 2. The number of hydrogen-bond donors (Lipinski definition) is 1. The summed E-state index contributed by atoms with van der Waals surface area (Å²) in [4.78, 5) is 7.15. The van der Waals surface area contributed by atoms with E-state index in [-0.39, 0.29) is 0 Å². The summed E-state index contributed by atoms with van der Waals surface area (Å²) in [5.74, 6) is 1.68. The molecule has 4 nitrogen and oxygen atoms in total. The molecule has 5 heteroatoms. The van der Waals surface area contributed by atoms with Crippen molar-refractivity contribution >= 4 is 21.6 Å². The van der Waals surface area contributed by atoms with Gasteiger partial charge >= 0.3 is 0 Å². The maximum absolute atomic E-state index is 5.96. The van der Waals surface area contributed by atoms with Crippen LogP contribution in [0.2, 0.25) is 0 Å². The Morgan fingerprint density at radius 3 is 2.89 bits per heavy atom. The zero-order valence-corrected chi connectivity index (χ0v) is 16.3. The number of fused-ring (bicyclic) bond motifs is 2. The molecule has 0 aliphatic carbocycles. The van der Waals surface area contributed by atoms with E-state index < -0.39 is 0 Å². The van der Waals surface area contributed by atoms with Gasteiger partial charge in [-0.2, -0.15) is 0 Å². The van der Waals surface area contributed by atoms with Gasteiger partial charge in [-0.25, -0.2) is 4.98 Å². The lowest BCUT2D eigenvalue weighted by atomic mass is 9.85. The van der Waals surface area contributed by atoms with Crippen molar-refractivity contribution in [2.75, 3.05) is 19.6 Å². The lowest BCUT2D eigenvalue weighted by Crippen LogP contribution is -2.51. The van der Waals surface area contributed by atoms with E-state index in [2.05, 4.69) is 45.5 Å². The fourth-order valence-corrected chi connectivity index (χ4v) is 5.22. The van der Waals surface area contributed by atoms with Crippen molar-refractivity contribution in [3.05, 3.63) is 54.1 Å². The summed E-state index contributed by atoms with van der Waals surface area (Å²) in [6, 6.07) is 17.4. The fourth-order valence-electron chi connectivity index (χ4n) is 4.38. The second kappa shape index (κ2) is 7.58. The number of ether oxygens (including phenoxy) is 1. The van der Waals surface area contributed by atoms with Gasteiger partial charge in [0.25, 0.3) is 5.19 Å². The SMILES string of the molecule is c1ccc2sc(Oc3ccc(CN4CC[C@@H]5NCCC[C@H]5C4)cc3)nc2c1. The molecule has 0 spiro atoms. The molecule has 0 amide bonds. The van der Waals surface area contributed by atoms with Crippen LogP contribution in [-0.2, 0) is 6.54 Å². The predicted octanol–water partition coefficient (Wildman–Crippen LogP) is 4.66. The zero-order valence-electron chi connectivity index (χ0n) is 15.4. The van der Waals surface area contributed by atoms with Crippen LogP contribution in [-0.4, -0.2) is 35.6 Å². The molecule has 2 saturated heterocycles. The lowest BCUT2D eigenvalue weighted by Gasteiger charge is -2.41. The third kappa shape index (κ3) is 3.86. The van der Waals surface area contributed by atoms with Crippen LogP contribution in [0.1, 0.15) is 24.8 Å². The average molecular weight is 380 g/mol. The molecule has 2 atom stereocenters. The van der Waals surface area contributed by atoms with E-state index in [1.54, 1.807) is 11.3 Å². The van der Waals surface area contributed by atoms with E-state index in [9.17, 15) is 0 Å². The van der Waals surface area contributed by atoms with Gasteiger partial charge in [0.2, 0.25) is 0 Å². The van der Waals surface area contributed by atoms with Crippen molar-refractivity contribution in [2.45, 2.75) is 31.8 Å². The molecule has 2 aliphatic heterocycles. The molecule has 27 heavy (non-hydrogen) atoms. The Labute approximate surface area is 164 Å². The van der Waals surface area contributed by atoms with E-state index in [1.165, 1.54) is 44.5 Å². The van der Waals surface area contributed by atoms with Crippen molar-refractivity contribution in [3.63, 3.8) is 0 Å². The van der Waals surface area contributed by atoms with Crippen molar-refractivity contribution in [3.8, 4) is 10.9 Å². The van der Waals surface area contributed by atoms with Gasteiger partial charge in [-0.3, -0.25) is 4.90 Å². The Morgan fingerprint density at radius 1 is 1.11 bits per heavy atom. The van der Waals surface area contributed by atoms with Gasteiger partial charge < -0.3 is 10.1 Å². The zero-order chi connectivity index (χ0) is 18.1. The van der Waals surface area contributed by atoms with Crippen LogP contribution in [0.4, 0.5) is 0 Å². The summed E-state index contributed by atoms with van der Waals surface area (Å²) in [5, 5.41) is 4.40. The quantitative estimate of drug-likeness (QED) is 0.715. The molecule has 1 N–H and O–H groups in total. The number of benzene rings is 2. The van der Waals surface area contributed by atoms with Gasteiger partial charge in [0.1, 0.15) is 5.75 Å². The van der Waals surface area contributed by atoms with Crippen LogP contribution in [0.3, 0.4) is 0 Å². The number of hydrogen-bond acceptors (Lipinski definition) is 5. The number of piperidine rings is 2. The molecule has 2 aliphatic rings. The molecule has 0 radical (unpaired) electrons.